The predicted molar refractivity (Wildman–Crippen MR) is 100 cm³/mol. The highest BCUT2D eigenvalue weighted by Gasteiger charge is 2.56. The molecule has 3 heterocycles. The second-order valence-corrected chi connectivity index (χ2v) is 7.78. The Balaban J connectivity index is 1.41. The van der Waals surface area contributed by atoms with Crippen molar-refractivity contribution < 1.29 is 14.6 Å². The first kappa shape index (κ1) is 18.0. The zero-order valence-electron chi connectivity index (χ0n) is 15.6. The number of fused-ring (bicyclic) bond motifs is 1. The number of carbonyl (C=O) groups is 1. The zero-order valence-corrected chi connectivity index (χ0v) is 15.6. The van der Waals surface area contributed by atoms with Crippen molar-refractivity contribution in [1.29, 1.82) is 0 Å². The molecule has 7 nitrogen and oxygen atoms in total. The number of ether oxygens (including phenoxy) is 1. The van der Waals surface area contributed by atoms with Gasteiger partial charge in [-0.3, -0.25) is 9.69 Å². The van der Waals surface area contributed by atoms with Gasteiger partial charge < -0.3 is 19.3 Å². The highest BCUT2D eigenvalue weighted by molar-refractivity contribution is 5.77. The minimum atomic E-state index is -0.663. The minimum Gasteiger partial charge on any atom is -0.491 e. The van der Waals surface area contributed by atoms with Crippen LogP contribution < -0.4 is 4.74 Å². The maximum atomic E-state index is 12.0. The fourth-order valence-corrected chi connectivity index (χ4v) is 4.54. The molecule has 0 unspecified atom stereocenters. The third-order valence-corrected chi connectivity index (χ3v) is 5.81. The molecule has 0 spiro atoms. The number of hydrogen-bond donors (Lipinski definition) is 1. The molecule has 0 amide bonds. The third-order valence-electron chi connectivity index (χ3n) is 5.81. The van der Waals surface area contributed by atoms with Crippen LogP contribution in [0.3, 0.4) is 0 Å². The van der Waals surface area contributed by atoms with Crippen molar-refractivity contribution in [3.63, 3.8) is 0 Å². The number of likely N-dealkylation sites (tertiary alicyclic amines) is 2. The second-order valence-electron chi connectivity index (χ2n) is 7.78. The van der Waals surface area contributed by atoms with Gasteiger partial charge in [0.25, 0.3) is 0 Å². The van der Waals surface area contributed by atoms with E-state index in [1.165, 1.54) is 0 Å². The summed E-state index contributed by atoms with van der Waals surface area (Å²) in [6.45, 7) is 4.93. The topological polar surface area (TPSA) is 70.8 Å². The molecular weight excluding hydrogens is 344 g/mol. The Morgan fingerprint density at radius 1 is 1.33 bits per heavy atom. The lowest BCUT2D eigenvalue weighted by Gasteiger charge is -2.24. The van der Waals surface area contributed by atoms with E-state index >= 15 is 0 Å². The van der Waals surface area contributed by atoms with Crippen molar-refractivity contribution in [3.05, 3.63) is 48.5 Å². The summed E-state index contributed by atoms with van der Waals surface area (Å²) in [4.78, 5) is 20.4. The molecule has 2 fully saturated rings. The fourth-order valence-electron chi connectivity index (χ4n) is 4.54. The number of hydrogen-bond acceptors (Lipinski definition) is 5. The molecule has 2 saturated heterocycles. The van der Waals surface area contributed by atoms with Crippen LogP contribution in [0.2, 0.25) is 0 Å². The van der Waals surface area contributed by atoms with Gasteiger partial charge in [-0.2, -0.15) is 0 Å². The van der Waals surface area contributed by atoms with Gasteiger partial charge >= 0.3 is 5.97 Å². The number of para-hydroxylation sites is 1. The van der Waals surface area contributed by atoms with Gasteiger partial charge in [-0.1, -0.05) is 18.2 Å². The van der Waals surface area contributed by atoms with Gasteiger partial charge in [0.1, 0.15) is 12.4 Å². The van der Waals surface area contributed by atoms with Gasteiger partial charge in [0.15, 0.2) is 0 Å². The van der Waals surface area contributed by atoms with Gasteiger partial charge in [0.05, 0.1) is 18.3 Å². The molecule has 0 bridgehead atoms. The molecular formula is C20H26N4O3. The molecule has 2 aliphatic rings. The predicted octanol–water partition coefficient (Wildman–Crippen LogP) is 1.41. The van der Waals surface area contributed by atoms with E-state index in [1.807, 2.05) is 36.0 Å². The molecule has 7 heteroatoms. The maximum absolute atomic E-state index is 12.0. The lowest BCUT2D eigenvalue weighted by atomic mass is 9.81. The number of aromatic nitrogens is 2. The maximum Gasteiger partial charge on any atom is 0.312 e. The van der Waals surface area contributed by atoms with E-state index in [9.17, 15) is 9.90 Å². The van der Waals surface area contributed by atoms with Crippen molar-refractivity contribution in [2.24, 2.45) is 11.3 Å². The Bertz CT molecular complexity index is 794. The van der Waals surface area contributed by atoms with E-state index in [0.29, 0.717) is 19.7 Å². The number of carboxylic acid groups (broad SMARTS) is 1. The van der Waals surface area contributed by atoms with Crippen LogP contribution in [0.4, 0.5) is 0 Å². The summed E-state index contributed by atoms with van der Waals surface area (Å²) < 4.78 is 7.99. The average molecular weight is 370 g/mol. The first-order valence-electron chi connectivity index (χ1n) is 9.37. The van der Waals surface area contributed by atoms with Gasteiger partial charge in [0, 0.05) is 56.6 Å². The Morgan fingerprint density at radius 2 is 2.19 bits per heavy atom. The molecule has 0 saturated carbocycles. The van der Waals surface area contributed by atoms with Crippen LogP contribution in [0.25, 0.3) is 0 Å². The van der Waals surface area contributed by atoms with Crippen LogP contribution >= 0.6 is 0 Å². The van der Waals surface area contributed by atoms with E-state index in [1.54, 1.807) is 12.5 Å². The molecule has 2 aromatic rings. The van der Waals surface area contributed by atoms with E-state index in [2.05, 4.69) is 20.9 Å². The van der Waals surface area contributed by atoms with E-state index in [4.69, 9.17) is 4.74 Å². The summed E-state index contributed by atoms with van der Waals surface area (Å²) in [5.41, 5.74) is 0.475. The first-order valence-corrected chi connectivity index (χ1v) is 9.37. The minimum absolute atomic E-state index is 0.189. The average Bonchev–Trinajstić information content (AvgIpc) is 3.31. The molecule has 2 atom stereocenters. The summed E-state index contributed by atoms with van der Waals surface area (Å²) >= 11 is 0. The van der Waals surface area contributed by atoms with Crippen LogP contribution in [0.1, 0.15) is 5.56 Å². The second kappa shape index (κ2) is 7.32. The Hall–Kier alpha value is -2.38. The number of carboxylic acids is 1. The van der Waals surface area contributed by atoms with Gasteiger partial charge in [0.2, 0.25) is 0 Å². The number of aliphatic carboxylic acids is 1. The van der Waals surface area contributed by atoms with Crippen LogP contribution in [0, 0.1) is 11.3 Å². The van der Waals surface area contributed by atoms with Crippen molar-refractivity contribution in [2.75, 3.05) is 39.8 Å². The molecule has 1 aromatic heterocycles. The van der Waals surface area contributed by atoms with Crippen LogP contribution in [0.15, 0.2) is 43.0 Å². The van der Waals surface area contributed by atoms with Crippen LogP contribution in [0.5, 0.6) is 5.75 Å². The molecule has 1 N–H and O–H groups in total. The molecule has 0 radical (unpaired) electrons. The van der Waals surface area contributed by atoms with Crippen molar-refractivity contribution in [1.82, 2.24) is 19.4 Å². The van der Waals surface area contributed by atoms with Gasteiger partial charge in [-0.05, 0) is 13.1 Å². The van der Waals surface area contributed by atoms with Crippen LogP contribution in [-0.4, -0.2) is 70.3 Å². The fraction of sp³-hybridized carbons (Fsp3) is 0.500. The van der Waals surface area contributed by atoms with E-state index in [-0.39, 0.29) is 5.92 Å². The summed E-state index contributed by atoms with van der Waals surface area (Å²) in [6, 6.07) is 8.04. The van der Waals surface area contributed by atoms with E-state index in [0.717, 1.165) is 37.5 Å². The smallest absolute Gasteiger partial charge is 0.312 e. The molecule has 0 aliphatic carbocycles. The SMILES string of the molecule is CN1C[C@H]2CN(Cc3ccccc3OCCn3ccnc3)C[C@@]2(C(=O)O)C1. The van der Waals surface area contributed by atoms with E-state index < -0.39 is 11.4 Å². The molecule has 2 aliphatic heterocycles. The third kappa shape index (κ3) is 3.57. The van der Waals surface area contributed by atoms with Crippen molar-refractivity contribution in [3.8, 4) is 5.75 Å². The largest absolute Gasteiger partial charge is 0.491 e. The van der Waals surface area contributed by atoms with Crippen molar-refractivity contribution >= 4 is 5.97 Å². The lowest BCUT2D eigenvalue weighted by Crippen LogP contribution is -2.40. The lowest BCUT2D eigenvalue weighted by molar-refractivity contribution is -0.148. The van der Waals surface area contributed by atoms with Crippen molar-refractivity contribution in [2.45, 2.75) is 13.1 Å². The van der Waals surface area contributed by atoms with Crippen LogP contribution in [-0.2, 0) is 17.9 Å². The Morgan fingerprint density at radius 3 is 2.93 bits per heavy atom. The van der Waals surface area contributed by atoms with Gasteiger partial charge in [-0.15, -0.1) is 0 Å². The quantitative estimate of drug-likeness (QED) is 0.795. The number of nitrogens with zero attached hydrogens (tertiary/aromatic N) is 4. The summed E-state index contributed by atoms with van der Waals surface area (Å²) in [5, 5.41) is 9.85. The number of rotatable bonds is 7. The normalized spacial score (nSPS) is 25.6. The monoisotopic (exact) mass is 370 g/mol. The molecule has 27 heavy (non-hydrogen) atoms. The molecule has 1 aromatic carbocycles. The summed E-state index contributed by atoms with van der Waals surface area (Å²) in [5.74, 6) is 0.398. The number of benzene rings is 1. The highest BCUT2D eigenvalue weighted by Crippen LogP contribution is 2.43. The standard InChI is InChI=1S/C20H26N4O3/c1-22-11-17-12-24(14-20(17,13-22)19(25)26)10-16-4-2-3-5-18(16)27-9-8-23-7-6-21-15-23/h2-7,15,17H,8-14H2,1H3,(H,25,26)/t17-,20-/m0/s1. The molecule has 144 valence electrons. The Kier molecular flexibility index (Phi) is 4.88. The first-order chi connectivity index (χ1) is 13.1. The summed E-state index contributed by atoms with van der Waals surface area (Å²) in [7, 11) is 2.01. The highest BCUT2D eigenvalue weighted by atomic mass is 16.5. The Labute approximate surface area is 159 Å². The summed E-state index contributed by atoms with van der Waals surface area (Å²) in [6.07, 6.45) is 5.45. The van der Waals surface area contributed by atoms with Gasteiger partial charge in [-0.25, -0.2) is 4.98 Å². The number of imidazole rings is 1. The molecule has 4 rings (SSSR count). The zero-order chi connectivity index (χ0) is 18.9.